The second kappa shape index (κ2) is 13.2. The van der Waals surface area contributed by atoms with E-state index in [-0.39, 0.29) is 47.2 Å². The van der Waals surface area contributed by atoms with Crippen molar-refractivity contribution in [3.63, 3.8) is 0 Å². The van der Waals surface area contributed by atoms with Crippen LogP contribution >= 0.6 is 0 Å². The van der Waals surface area contributed by atoms with Crippen molar-refractivity contribution in [3.8, 4) is 16.9 Å². The summed E-state index contributed by atoms with van der Waals surface area (Å²) in [6.07, 6.45) is -0.0493. The van der Waals surface area contributed by atoms with Crippen LogP contribution in [0.15, 0.2) is 48.7 Å². The Kier molecular flexibility index (Phi) is 10.2. The van der Waals surface area contributed by atoms with Crippen LogP contribution in [0.25, 0.3) is 11.1 Å². The first-order chi connectivity index (χ1) is 18.7. The van der Waals surface area contributed by atoms with Crippen molar-refractivity contribution < 1.29 is 40.6 Å². The van der Waals surface area contributed by atoms with Crippen LogP contribution in [0.4, 0.5) is 17.6 Å². The third-order valence-corrected chi connectivity index (χ3v) is 6.97. The van der Waals surface area contributed by atoms with E-state index in [0.29, 0.717) is 18.6 Å². The predicted octanol–water partition coefficient (Wildman–Crippen LogP) is 6.04. The highest BCUT2D eigenvalue weighted by Crippen LogP contribution is 2.36. The van der Waals surface area contributed by atoms with E-state index < -0.39 is 33.5 Å². The number of carboxylic acids is 1. The van der Waals surface area contributed by atoms with E-state index >= 15 is 0 Å². The number of alkyl halides is 3. The Morgan fingerprint density at radius 3 is 2.42 bits per heavy atom. The number of halogens is 4. The highest BCUT2D eigenvalue weighted by Gasteiger charge is 2.36. The van der Waals surface area contributed by atoms with Gasteiger partial charge in [-0.1, -0.05) is 18.2 Å². The molecular formula is C28H30F4N2O5S. The normalized spacial score (nSPS) is 13.3. The maximum atomic E-state index is 14.3. The molecule has 40 heavy (non-hydrogen) atoms. The number of benzene rings is 2. The first-order valence-corrected chi connectivity index (χ1v) is 14.6. The van der Waals surface area contributed by atoms with Gasteiger partial charge in [0, 0.05) is 35.8 Å². The van der Waals surface area contributed by atoms with E-state index in [0.717, 1.165) is 36.9 Å². The van der Waals surface area contributed by atoms with Crippen LogP contribution < -0.4 is 4.74 Å². The van der Waals surface area contributed by atoms with Crippen LogP contribution in [0.2, 0.25) is 0 Å². The number of carbonyl (C=O) groups is 1. The Balaban J connectivity index is 0.000000649. The Hall–Kier alpha value is -3.54. The molecule has 0 unspecified atom stereocenters. The lowest BCUT2D eigenvalue weighted by Crippen LogP contribution is -2.13. The first-order valence-electron chi connectivity index (χ1n) is 12.5. The minimum absolute atomic E-state index is 0.0185. The molecule has 1 fully saturated rings. The van der Waals surface area contributed by atoms with Crippen LogP contribution in [0.3, 0.4) is 0 Å². The summed E-state index contributed by atoms with van der Waals surface area (Å²) in [4.78, 5) is 17.5. The van der Waals surface area contributed by atoms with E-state index in [1.165, 1.54) is 12.1 Å². The lowest BCUT2D eigenvalue weighted by atomic mass is 10.0. The van der Waals surface area contributed by atoms with Crippen molar-refractivity contribution >= 4 is 15.8 Å². The molecule has 1 aromatic heterocycles. The fourth-order valence-corrected chi connectivity index (χ4v) is 4.39. The number of hydrogen-bond donors (Lipinski definition) is 1. The summed E-state index contributed by atoms with van der Waals surface area (Å²) in [5.41, 5.74) is -0.241. The largest absolute Gasteiger partial charge is 0.489 e. The number of ether oxygens (including phenoxy) is 1. The van der Waals surface area contributed by atoms with Crippen LogP contribution in [-0.4, -0.2) is 41.5 Å². The summed E-state index contributed by atoms with van der Waals surface area (Å²) < 4.78 is 83.7. The number of aryl methyl sites for hydroxylation is 2. The van der Waals surface area contributed by atoms with Gasteiger partial charge in [0.1, 0.15) is 33.8 Å². The molecule has 0 radical (unpaired) electrons. The average molecular weight is 583 g/mol. The second-order valence-corrected chi connectivity index (χ2v) is 11.9. The minimum atomic E-state index is -4.76. The third kappa shape index (κ3) is 9.89. The Bertz CT molecular complexity index is 1440. The molecule has 2 aromatic carbocycles. The smallest absolute Gasteiger partial charge is 0.434 e. The van der Waals surface area contributed by atoms with E-state index in [1.807, 2.05) is 13.0 Å². The Labute approximate surface area is 230 Å². The number of nitrogens with zero attached hydrogens (tertiary/aromatic N) is 2. The quantitative estimate of drug-likeness (QED) is 0.230. The van der Waals surface area contributed by atoms with Crippen LogP contribution in [0, 0.1) is 18.7 Å². The molecule has 1 N–H and O–H groups in total. The zero-order valence-corrected chi connectivity index (χ0v) is 22.9. The molecule has 216 valence electrons. The summed E-state index contributed by atoms with van der Waals surface area (Å²) in [6, 6.07) is 10.8. The van der Waals surface area contributed by atoms with Crippen molar-refractivity contribution in [1.82, 2.24) is 9.97 Å². The lowest BCUT2D eigenvalue weighted by Gasteiger charge is -2.14. The molecule has 7 nitrogen and oxygen atoms in total. The lowest BCUT2D eigenvalue weighted by molar-refractivity contribution is -0.141. The van der Waals surface area contributed by atoms with E-state index in [1.54, 1.807) is 18.2 Å². The fraction of sp³-hybridized carbons (Fsp3) is 0.393. The SMILES string of the molecule is Cc1cccc(OCc2cc(-c3cnc(CCCCS(C)(=O)=O)nc3C(F)(F)F)ccc2F)c1.O=C(O)C1CC1. The van der Waals surface area contributed by atoms with Crippen molar-refractivity contribution in [2.24, 2.45) is 5.92 Å². The van der Waals surface area contributed by atoms with Gasteiger partial charge in [-0.3, -0.25) is 4.79 Å². The topological polar surface area (TPSA) is 106 Å². The summed E-state index contributed by atoms with van der Waals surface area (Å²) in [7, 11) is -3.15. The van der Waals surface area contributed by atoms with Crippen LogP contribution in [-0.2, 0) is 33.8 Å². The monoisotopic (exact) mass is 582 g/mol. The zero-order chi connectivity index (χ0) is 29.5. The van der Waals surface area contributed by atoms with Gasteiger partial charge in [0.15, 0.2) is 5.69 Å². The number of rotatable bonds is 10. The van der Waals surface area contributed by atoms with Gasteiger partial charge in [-0.05, 0) is 68.0 Å². The summed E-state index contributed by atoms with van der Waals surface area (Å²) in [5, 5.41) is 8.05. The van der Waals surface area contributed by atoms with Gasteiger partial charge in [0.2, 0.25) is 0 Å². The number of aromatic nitrogens is 2. The summed E-state index contributed by atoms with van der Waals surface area (Å²) in [6.45, 7) is 1.71. The zero-order valence-electron chi connectivity index (χ0n) is 22.0. The highest BCUT2D eigenvalue weighted by molar-refractivity contribution is 7.90. The molecule has 4 rings (SSSR count). The molecule has 1 aliphatic rings. The third-order valence-electron chi connectivity index (χ3n) is 5.94. The molecule has 0 atom stereocenters. The molecular weight excluding hydrogens is 552 g/mol. The molecule has 1 aliphatic carbocycles. The van der Waals surface area contributed by atoms with Gasteiger partial charge in [-0.2, -0.15) is 13.2 Å². The number of aliphatic carboxylic acids is 1. The highest BCUT2D eigenvalue weighted by atomic mass is 32.2. The number of carboxylic acid groups (broad SMARTS) is 1. The average Bonchev–Trinajstić information content (AvgIpc) is 3.72. The Morgan fingerprint density at radius 1 is 1.12 bits per heavy atom. The maximum absolute atomic E-state index is 14.3. The van der Waals surface area contributed by atoms with Crippen molar-refractivity contribution in [2.75, 3.05) is 12.0 Å². The van der Waals surface area contributed by atoms with Gasteiger partial charge < -0.3 is 9.84 Å². The molecule has 0 aliphatic heterocycles. The predicted molar refractivity (Wildman–Crippen MR) is 141 cm³/mol. The van der Waals surface area contributed by atoms with Gasteiger partial charge in [-0.25, -0.2) is 22.8 Å². The molecule has 0 amide bonds. The summed E-state index contributed by atoms with van der Waals surface area (Å²) in [5.74, 6) is -0.785. The van der Waals surface area contributed by atoms with E-state index in [2.05, 4.69) is 9.97 Å². The minimum Gasteiger partial charge on any atom is -0.489 e. The molecule has 0 spiro atoms. The maximum Gasteiger partial charge on any atom is 0.434 e. The molecule has 3 aromatic rings. The van der Waals surface area contributed by atoms with Crippen molar-refractivity contribution in [1.29, 1.82) is 0 Å². The Morgan fingerprint density at radius 2 is 1.85 bits per heavy atom. The fourth-order valence-electron chi connectivity index (χ4n) is 3.66. The second-order valence-electron chi connectivity index (χ2n) is 9.66. The number of unbranched alkanes of at least 4 members (excludes halogenated alkanes) is 1. The van der Waals surface area contributed by atoms with Gasteiger partial charge in [0.25, 0.3) is 0 Å². The van der Waals surface area contributed by atoms with E-state index in [9.17, 15) is 30.8 Å². The standard InChI is InChI=1S/C24H24F4N2O3S.C4H6O2/c1-16-6-5-7-19(12-16)33-15-18-13-17(9-10-21(18)25)20-14-29-22(30-23(20)24(26,27)28)8-3-4-11-34(2,31)32;5-4(6)3-1-2-3/h5-7,9-10,12-14H,3-4,8,11,15H2,1-2H3;3H,1-2H2,(H,5,6). The summed E-state index contributed by atoms with van der Waals surface area (Å²) >= 11 is 0. The van der Waals surface area contributed by atoms with Gasteiger partial charge in [0.05, 0.1) is 5.92 Å². The van der Waals surface area contributed by atoms with Crippen molar-refractivity contribution in [3.05, 3.63) is 77.1 Å². The molecule has 1 saturated carbocycles. The van der Waals surface area contributed by atoms with E-state index in [4.69, 9.17) is 9.84 Å². The molecule has 0 saturated heterocycles. The first kappa shape index (κ1) is 31.0. The molecule has 0 bridgehead atoms. The van der Waals surface area contributed by atoms with Gasteiger partial charge >= 0.3 is 12.1 Å². The molecule has 1 heterocycles. The van der Waals surface area contributed by atoms with Crippen molar-refractivity contribution in [2.45, 2.75) is 51.8 Å². The van der Waals surface area contributed by atoms with Crippen LogP contribution in [0.5, 0.6) is 5.75 Å². The van der Waals surface area contributed by atoms with Crippen LogP contribution in [0.1, 0.15) is 48.3 Å². The number of hydrogen-bond acceptors (Lipinski definition) is 6. The number of sulfone groups is 1. The molecule has 12 heteroatoms. The van der Waals surface area contributed by atoms with Gasteiger partial charge in [-0.15, -0.1) is 0 Å².